The van der Waals surface area contributed by atoms with Crippen LogP contribution in [0.25, 0.3) is 22.3 Å². The van der Waals surface area contributed by atoms with Crippen LogP contribution in [0.3, 0.4) is 0 Å². The van der Waals surface area contributed by atoms with E-state index in [0.717, 1.165) is 4.57 Å². The van der Waals surface area contributed by atoms with E-state index in [2.05, 4.69) is 15.5 Å². The highest BCUT2D eigenvalue weighted by atomic mass is 16.5. The Balaban J connectivity index is 1.71. The molecule has 4 rings (SSSR count). The number of benzene rings is 2. The Morgan fingerprint density at radius 1 is 1.07 bits per heavy atom. The minimum Gasteiger partial charge on any atom is -0.339 e. The van der Waals surface area contributed by atoms with Crippen LogP contribution in [0.5, 0.6) is 0 Å². The number of rotatable bonds is 5. The number of amides is 1. The lowest BCUT2D eigenvalue weighted by Crippen LogP contribution is -2.41. The van der Waals surface area contributed by atoms with E-state index < -0.39 is 11.6 Å². The van der Waals surface area contributed by atoms with Gasteiger partial charge in [0.25, 0.3) is 5.56 Å². The minimum absolute atomic E-state index is 0.212. The Morgan fingerprint density at radius 3 is 2.53 bits per heavy atom. The SMILES string of the molecule is CCn1c(=O)c2ccccc2n(CC(=O)Nc2ccccc2-c2noc(C)n2)c1=O. The first kappa shape index (κ1) is 19.3. The van der Waals surface area contributed by atoms with Crippen LogP contribution in [0, 0.1) is 6.92 Å². The van der Waals surface area contributed by atoms with Gasteiger partial charge in [0.1, 0.15) is 6.54 Å². The summed E-state index contributed by atoms with van der Waals surface area (Å²) in [6, 6.07) is 13.8. The number of nitrogens with zero attached hydrogens (tertiary/aromatic N) is 4. The van der Waals surface area contributed by atoms with Crippen molar-refractivity contribution in [3.05, 3.63) is 75.3 Å². The van der Waals surface area contributed by atoms with Gasteiger partial charge in [-0.1, -0.05) is 29.4 Å². The Morgan fingerprint density at radius 2 is 1.80 bits per heavy atom. The number of anilines is 1. The average molecular weight is 405 g/mol. The summed E-state index contributed by atoms with van der Waals surface area (Å²) in [6.07, 6.45) is 0. The second-order valence-corrected chi connectivity index (χ2v) is 6.67. The van der Waals surface area contributed by atoms with Crippen molar-refractivity contribution < 1.29 is 9.32 Å². The van der Waals surface area contributed by atoms with Crippen molar-refractivity contribution in [3.63, 3.8) is 0 Å². The first-order valence-corrected chi connectivity index (χ1v) is 9.41. The van der Waals surface area contributed by atoms with Crippen LogP contribution in [-0.4, -0.2) is 25.2 Å². The van der Waals surface area contributed by atoms with Crippen LogP contribution < -0.4 is 16.6 Å². The Bertz CT molecular complexity index is 1370. The van der Waals surface area contributed by atoms with Crippen LogP contribution in [-0.2, 0) is 17.9 Å². The Kier molecular flexibility index (Phi) is 5.01. The van der Waals surface area contributed by atoms with E-state index >= 15 is 0 Å². The van der Waals surface area contributed by atoms with Gasteiger partial charge >= 0.3 is 5.69 Å². The van der Waals surface area contributed by atoms with Crippen LogP contribution in [0.2, 0.25) is 0 Å². The molecule has 0 radical (unpaired) electrons. The van der Waals surface area contributed by atoms with E-state index in [0.29, 0.717) is 33.9 Å². The van der Waals surface area contributed by atoms with E-state index in [1.54, 1.807) is 62.4 Å². The summed E-state index contributed by atoms with van der Waals surface area (Å²) in [6.45, 7) is 3.35. The first-order valence-electron chi connectivity index (χ1n) is 9.41. The fraction of sp³-hybridized carbons (Fsp3) is 0.190. The summed E-state index contributed by atoms with van der Waals surface area (Å²) >= 11 is 0. The average Bonchev–Trinajstić information content (AvgIpc) is 3.18. The maximum absolute atomic E-state index is 12.8. The molecule has 0 fully saturated rings. The molecule has 4 aromatic rings. The van der Waals surface area contributed by atoms with Crippen molar-refractivity contribution in [1.82, 2.24) is 19.3 Å². The van der Waals surface area contributed by atoms with Gasteiger partial charge in [0.05, 0.1) is 16.6 Å². The van der Waals surface area contributed by atoms with Gasteiger partial charge in [-0.05, 0) is 31.2 Å². The van der Waals surface area contributed by atoms with E-state index in [-0.39, 0.29) is 18.6 Å². The van der Waals surface area contributed by atoms with Gasteiger partial charge in [0, 0.05) is 19.0 Å². The molecular formula is C21H19N5O4. The molecule has 0 spiro atoms. The monoisotopic (exact) mass is 405 g/mol. The van der Waals surface area contributed by atoms with Crippen LogP contribution in [0.4, 0.5) is 5.69 Å². The molecule has 152 valence electrons. The molecule has 0 aliphatic carbocycles. The second-order valence-electron chi connectivity index (χ2n) is 6.67. The van der Waals surface area contributed by atoms with E-state index in [4.69, 9.17) is 4.52 Å². The quantitative estimate of drug-likeness (QED) is 0.545. The largest absolute Gasteiger partial charge is 0.339 e. The molecule has 2 aromatic heterocycles. The molecule has 0 bridgehead atoms. The number of aromatic nitrogens is 4. The van der Waals surface area contributed by atoms with Gasteiger partial charge in [-0.25, -0.2) is 4.79 Å². The summed E-state index contributed by atoms with van der Waals surface area (Å²) in [5.74, 6) is 0.341. The molecule has 0 unspecified atom stereocenters. The normalized spacial score (nSPS) is 11.0. The van der Waals surface area contributed by atoms with Crippen molar-refractivity contribution in [2.24, 2.45) is 0 Å². The number of hydrogen-bond donors (Lipinski definition) is 1. The van der Waals surface area contributed by atoms with E-state index in [1.165, 1.54) is 4.57 Å². The summed E-state index contributed by atoms with van der Waals surface area (Å²) in [5, 5.41) is 7.08. The molecule has 0 aliphatic heterocycles. The van der Waals surface area contributed by atoms with Gasteiger partial charge in [0.2, 0.25) is 17.6 Å². The van der Waals surface area contributed by atoms with E-state index in [9.17, 15) is 14.4 Å². The molecule has 1 amide bonds. The number of carbonyl (C=O) groups excluding carboxylic acids is 1. The molecule has 0 saturated heterocycles. The number of carbonyl (C=O) groups is 1. The number of hydrogen-bond acceptors (Lipinski definition) is 6. The van der Waals surface area contributed by atoms with Crippen LogP contribution in [0.1, 0.15) is 12.8 Å². The Labute approximate surface area is 170 Å². The van der Waals surface area contributed by atoms with Crippen LogP contribution in [0.15, 0.2) is 62.6 Å². The third-order valence-electron chi connectivity index (χ3n) is 4.72. The molecule has 0 saturated carbocycles. The topological polar surface area (TPSA) is 112 Å². The highest BCUT2D eigenvalue weighted by molar-refractivity contribution is 5.95. The Hall–Kier alpha value is -4.01. The number of nitrogens with one attached hydrogen (secondary N) is 1. The summed E-state index contributed by atoms with van der Waals surface area (Å²) < 4.78 is 7.44. The van der Waals surface area contributed by atoms with Gasteiger partial charge in [-0.2, -0.15) is 4.98 Å². The third-order valence-corrected chi connectivity index (χ3v) is 4.72. The molecule has 1 N–H and O–H groups in total. The van der Waals surface area contributed by atoms with Crippen LogP contribution >= 0.6 is 0 Å². The molecule has 0 atom stereocenters. The standard InChI is InChI=1S/C21H19N5O4/c1-3-25-20(28)15-9-5-7-11-17(15)26(21(25)29)12-18(27)23-16-10-6-4-8-14(16)19-22-13(2)30-24-19/h4-11H,3,12H2,1-2H3,(H,23,27). The third kappa shape index (κ3) is 3.41. The van der Waals surface area contributed by atoms with Crippen molar-refractivity contribution in [1.29, 1.82) is 0 Å². The predicted octanol–water partition coefficient (Wildman–Crippen LogP) is 2.18. The molecule has 9 nitrogen and oxygen atoms in total. The van der Waals surface area contributed by atoms with Gasteiger partial charge in [-0.3, -0.25) is 18.7 Å². The summed E-state index contributed by atoms with van der Waals surface area (Å²) in [7, 11) is 0. The fourth-order valence-corrected chi connectivity index (χ4v) is 3.33. The highest BCUT2D eigenvalue weighted by Crippen LogP contribution is 2.25. The molecular weight excluding hydrogens is 386 g/mol. The zero-order valence-corrected chi connectivity index (χ0v) is 16.5. The van der Waals surface area contributed by atoms with Gasteiger partial charge in [0.15, 0.2) is 0 Å². The maximum atomic E-state index is 12.8. The number of fused-ring (bicyclic) bond motifs is 1. The molecule has 2 heterocycles. The molecule has 2 aromatic carbocycles. The summed E-state index contributed by atoms with van der Waals surface area (Å²) in [4.78, 5) is 42.4. The fourth-order valence-electron chi connectivity index (χ4n) is 3.33. The summed E-state index contributed by atoms with van der Waals surface area (Å²) in [5.41, 5.74) is 0.600. The first-order chi connectivity index (χ1) is 14.5. The maximum Gasteiger partial charge on any atom is 0.331 e. The van der Waals surface area contributed by atoms with E-state index in [1.807, 2.05) is 0 Å². The van der Waals surface area contributed by atoms with Gasteiger partial charge < -0.3 is 9.84 Å². The highest BCUT2D eigenvalue weighted by Gasteiger charge is 2.16. The minimum atomic E-state index is -0.529. The zero-order chi connectivity index (χ0) is 21.3. The molecule has 0 aliphatic rings. The van der Waals surface area contributed by atoms with Crippen molar-refractivity contribution >= 4 is 22.5 Å². The molecule has 9 heteroatoms. The number of aryl methyl sites for hydroxylation is 1. The lowest BCUT2D eigenvalue weighted by Gasteiger charge is -2.14. The van der Waals surface area contributed by atoms with Crippen molar-refractivity contribution in [3.8, 4) is 11.4 Å². The predicted molar refractivity (Wildman–Crippen MR) is 111 cm³/mol. The lowest BCUT2D eigenvalue weighted by molar-refractivity contribution is -0.116. The second kappa shape index (κ2) is 7.78. The lowest BCUT2D eigenvalue weighted by atomic mass is 10.1. The molecule has 30 heavy (non-hydrogen) atoms. The number of para-hydroxylation sites is 2. The van der Waals surface area contributed by atoms with Crippen molar-refractivity contribution in [2.75, 3.05) is 5.32 Å². The van der Waals surface area contributed by atoms with Gasteiger partial charge in [-0.15, -0.1) is 0 Å². The smallest absolute Gasteiger partial charge is 0.331 e. The van der Waals surface area contributed by atoms with Crippen molar-refractivity contribution in [2.45, 2.75) is 26.9 Å². The zero-order valence-electron chi connectivity index (χ0n) is 16.5.